The summed E-state index contributed by atoms with van der Waals surface area (Å²) in [6.45, 7) is 5.98. The number of hydrogen-bond donors (Lipinski definition) is 1. The van der Waals surface area contributed by atoms with Crippen molar-refractivity contribution in [1.82, 2.24) is 14.9 Å². The van der Waals surface area contributed by atoms with E-state index in [1.807, 2.05) is 0 Å². The summed E-state index contributed by atoms with van der Waals surface area (Å²) in [6, 6.07) is 3.89. The van der Waals surface area contributed by atoms with E-state index in [4.69, 9.17) is 0 Å². The fraction of sp³-hybridized carbons (Fsp3) is 0.400. The maximum Gasteiger partial charge on any atom is 0.131 e. The van der Waals surface area contributed by atoms with E-state index in [0.717, 1.165) is 12.2 Å². The molecule has 0 bridgehead atoms. The second-order valence-electron chi connectivity index (χ2n) is 5.26. The Morgan fingerprint density at radius 2 is 1.95 bits per heavy atom. The van der Waals surface area contributed by atoms with Crippen LogP contribution in [-0.4, -0.2) is 16.1 Å². The zero-order valence-electron chi connectivity index (χ0n) is 11.7. The summed E-state index contributed by atoms with van der Waals surface area (Å²) in [5, 5.41) is 3.28. The van der Waals surface area contributed by atoms with E-state index in [0.29, 0.717) is 12.5 Å². The standard InChI is InChI=1S/C15H19F2N3/c1-11(2)6-18-7-12-8-20(10-19-12)9-13-14(16)4-3-5-15(13)17/h3-5,8,10-11,18H,6-7,9H2,1-2H3. The van der Waals surface area contributed by atoms with Crippen LogP contribution in [0.3, 0.4) is 0 Å². The first-order chi connectivity index (χ1) is 9.56. The van der Waals surface area contributed by atoms with Gasteiger partial charge in [0.25, 0.3) is 0 Å². The van der Waals surface area contributed by atoms with Crippen LogP contribution >= 0.6 is 0 Å². The third kappa shape index (κ3) is 3.87. The zero-order chi connectivity index (χ0) is 14.5. The molecule has 0 unspecified atom stereocenters. The molecule has 5 heteroatoms. The average molecular weight is 279 g/mol. The summed E-state index contributed by atoms with van der Waals surface area (Å²) in [6.07, 6.45) is 3.40. The first-order valence-electron chi connectivity index (χ1n) is 6.70. The van der Waals surface area contributed by atoms with Gasteiger partial charge in [-0.3, -0.25) is 0 Å². The Balaban J connectivity index is 1.99. The molecule has 0 atom stereocenters. The molecule has 0 saturated carbocycles. The molecule has 1 aromatic heterocycles. The molecule has 0 amide bonds. The number of nitrogens with zero attached hydrogens (tertiary/aromatic N) is 2. The predicted molar refractivity (Wildman–Crippen MR) is 74.2 cm³/mol. The van der Waals surface area contributed by atoms with Gasteiger partial charge in [0.2, 0.25) is 0 Å². The lowest BCUT2D eigenvalue weighted by Crippen LogP contribution is -2.19. The van der Waals surface area contributed by atoms with Crippen LogP contribution in [0.4, 0.5) is 8.78 Å². The molecular formula is C15H19F2N3. The number of imidazole rings is 1. The molecule has 20 heavy (non-hydrogen) atoms. The normalized spacial score (nSPS) is 11.2. The molecule has 0 radical (unpaired) electrons. The van der Waals surface area contributed by atoms with Crippen molar-refractivity contribution in [3.63, 3.8) is 0 Å². The number of hydrogen-bond acceptors (Lipinski definition) is 2. The van der Waals surface area contributed by atoms with Crippen LogP contribution in [0.25, 0.3) is 0 Å². The van der Waals surface area contributed by atoms with Crippen LogP contribution in [-0.2, 0) is 13.1 Å². The Hall–Kier alpha value is -1.75. The van der Waals surface area contributed by atoms with Crippen molar-refractivity contribution in [2.24, 2.45) is 5.92 Å². The van der Waals surface area contributed by atoms with Gasteiger partial charge in [0.15, 0.2) is 0 Å². The summed E-state index contributed by atoms with van der Waals surface area (Å²) in [5.41, 5.74) is 0.925. The molecule has 3 nitrogen and oxygen atoms in total. The van der Waals surface area contributed by atoms with E-state index in [1.165, 1.54) is 18.2 Å². The molecule has 1 N–H and O–H groups in total. The second kappa shape index (κ2) is 6.61. The highest BCUT2D eigenvalue weighted by atomic mass is 19.1. The van der Waals surface area contributed by atoms with E-state index < -0.39 is 11.6 Å². The summed E-state index contributed by atoms with van der Waals surface area (Å²) >= 11 is 0. The van der Waals surface area contributed by atoms with Gasteiger partial charge < -0.3 is 9.88 Å². The molecule has 0 aliphatic rings. The van der Waals surface area contributed by atoms with Gasteiger partial charge in [-0.15, -0.1) is 0 Å². The molecule has 1 heterocycles. The molecular weight excluding hydrogens is 260 g/mol. The van der Waals surface area contributed by atoms with Crippen molar-refractivity contribution in [3.05, 3.63) is 53.6 Å². The minimum atomic E-state index is -0.529. The predicted octanol–water partition coefficient (Wildman–Crippen LogP) is 2.96. The molecule has 2 rings (SSSR count). The minimum absolute atomic E-state index is 0.0617. The van der Waals surface area contributed by atoms with Gasteiger partial charge in [-0.2, -0.15) is 0 Å². The monoisotopic (exact) mass is 279 g/mol. The molecule has 108 valence electrons. The van der Waals surface area contributed by atoms with Crippen molar-refractivity contribution in [1.29, 1.82) is 0 Å². The maximum atomic E-state index is 13.5. The van der Waals surface area contributed by atoms with E-state index in [1.54, 1.807) is 17.1 Å². The van der Waals surface area contributed by atoms with Crippen LogP contribution in [0.2, 0.25) is 0 Å². The highest BCUT2D eigenvalue weighted by Crippen LogP contribution is 2.13. The largest absolute Gasteiger partial charge is 0.333 e. The van der Waals surface area contributed by atoms with Crippen LogP contribution < -0.4 is 5.32 Å². The van der Waals surface area contributed by atoms with E-state index >= 15 is 0 Å². The Bertz CT molecular complexity index is 544. The average Bonchev–Trinajstić information content (AvgIpc) is 2.81. The van der Waals surface area contributed by atoms with Crippen LogP contribution in [0, 0.1) is 17.6 Å². The second-order valence-corrected chi connectivity index (χ2v) is 5.26. The lowest BCUT2D eigenvalue weighted by Gasteiger charge is -2.06. The number of nitrogens with one attached hydrogen (secondary N) is 1. The quantitative estimate of drug-likeness (QED) is 0.881. The lowest BCUT2D eigenvalue weighted by molar-refractivity contribution is 0.543. The first-order valence-corrected chi connectivity index (χ1v) is 6.70. The fourth-order valence-corrected chi connectivity index (χ4v) is 1.94. The van der Waals surface area contributed by atoms with Gasteiger partial charge in [-0.25, -0.2) is 13.8 Å². The summed E-state index contributed by atoms with van der Waals surface area (Å²) < 4.78 is 28.8. The topological polar surface area (TPSA) is 29.9 Å². The Kier molecular flexibility index (Phi) is 4.84. The summed E-state index contributed by atoms with van der Waals surface area (Å²) in [4.78, 5) is 4.22. The number of rotatable bonds is 6. The molecule has 0 aliphatic heterocycles. The Labute approximate surface area is 117 Å². The molecule has 1 aromatic carbocycles. The maximum absolute atomic E-state index is 13.5. The van der Waals surface area contributed by atoms with Crippen molar-refractivity contribution >= 4 is 0 Å². The fourth-order valence-electron chi connectivity index (χ4n) is 1.94. The van der Waals surface area contributed by atoms with Crippen LogP contribution in [0.1, 0.15) is 25.1 Å². The molecule has 0 spiro atoms. The zero-order valence-corrected chi connectivity index (χ0v) is 11.7. The minimum Gasteiger partial charge on any atom is -0.333 e. The first kappa shape index (κ1) is 14.7. The van der Waals surface area contributed by atoms with Gasteiger partial charge >= 0.3 is 0 Å². The Morgan fingerprint density at radius 1 is 1.25 bits per heavy atom. The third-order valence-electron chi connectivity index (χ3n) is 2.95. The Morgan fingerprint density at radius 3 is 2.60 bits per heavy atom. The van der Waals surface area contributed by atoms with Crippen molar-refractivity contribution < 1.29 is 8.78 Å². The number of aromatic nitrogens is 2. The SMILES string of the molecule is CC(C)CNCc1cn(Cc2c(F)cccc2F)cn1. The van der Waals surface area contributed by atoms with E-state index in [-0.39, 0.29) is 12.1 Å². The van der Waals surface area contributed by atoms with E-state index in [2.05, 4.69) is 24.1 Å². The molecule has 0 saturated heterocycles. The van der Waals surface area contributed by atoms with Gasteiger partial charge in [-0.05, 0) is 24.6 Å². The highest BCUT2D eigenvalue weighted by molar-refractivity contribution is 5.20. The van der Waals surface area contributed by atoms with Crippen molar-refractivity contribution in [3.8, 4) is 0 Å². The lowest BCUT2D eigenvalue weighted by atomic mass is 10.2. The van der Waals surface area contributed by atoms with Crippen LogP contribution in [0.15, 0.2) is 30.7 Å². The molecule has 0 fully saturated rings. The summed E-state index contributed by atoms with van der Waals surface area (Å²) in [5.74, 6) is -0.485. The number of benzene rings is 1. The van der Waals surface area contributed by atoms with Gasteiger partial charge in [-0.1, -0.05) is 19.9 Å². The van der Waals surface area contributed by atoms with E-state index in [9.17, 15) is 8.78 Å². The number of halogens is 2. The van der Waals surface area contributed by atoms with Crippen molar-refractivity contribution in [2.45, 2.75) is 26.9 Å². The van der Waals surface area contributed by atoms with Gasteiger partial charge in [0.1, 0.15) is 11.6 Å². The molecule has 2 aromatic rings. The van der Waals surface area contributed by atoms with Crippen molar-refractivity contribution in [2.75, 3.05) is 6.54 Å². The van der Waals surface area contributed by atoms with Crippen LogP contribution in [0.5, 0.6) is 0 Å². The highest BCUT2D eigenvalue weighted by Gasteiger charge is 2.09. The third-order valence-corrected chi connectivity index (χ3v) is 2.95. The molecule has 0 aliphatic carbocycles. The van der Waals surface area contributed by atoms with Gasteiger partial charge in [0.05, 0.1) is 18.6 Å². The summed E-state index contributed by atoms with van der Waals surface area (Å²) in [7, 11) is 0. The smallest absolute Gasteiger partial charge is 0.131 e. The van der Waals surface area contributed by atoms with Gasteiger partial charge in [0, 0.05) is 18.3 Å².